The van der Waals surface area contributed by atoms with Crippen LogP contribution in [0.5, 0.6) is 5.19 Å². The molecule has 0 saturated carbocycles. The average molecular weight is 230 g/mol. The quantitative estimate of drug-likeness (QED) is 0.814. The third-order valence-electron chi connectivity index (χ3n) is 2.09. The van der Waals surface area contributed by atoms with Gasteiger partial charge in [0.2, 0.25) is 0 Å². The van der Waals surface area contributed by atoms with Gasteiger partial charge in [0.15, 0.2) is 0 Å². The van der Waals surface area contributed by atoms with E-state index in [0.717, 1.165) is 11.3 Å². The van der Waals surface area contributed by atoms with Gasteiger partial charge in [-0.15, -0.1) is 0 Å². The van der Waals surface area contributed by atoms with Crippen molar-refractivity contribution in [1.82, 2.24) is 4.98 Å². The van der Waals surface area contributed by atoms with Crippen LogP contribution in [0.15, 0.2) is 29.6 Å². The van der Waals surface area contributed by atoms with Gasteiger partial charge in [-0.05, 0) is 13.0 Å². The molecule has 0 aliphatic carbocycles. The molecule has 0 N–H and O–H groups in total. The van der Waals surface area contributed by atoms with Gasteiger partial charge >= 0.3 is 0 Å². The van der Waals surface area contributed by atoms with Gasteiger partial charge in [0, 0.05) is 10.9 Å². The first kappa shape index (κ1) is 10.7. The number of hydrogen-bond acceptors (Lipinski definition) is 4. The maximum Gasteiger partial charge on any atom is 0.273 e. The van der Waals surface area contributed by atoms with E-state index in [1.165, 1.54) is 11.3 Å². The van der Waals surface area contributed by atoms with E-state index in [0.29, 0.717) is 17.4 Å². The van der Waals surface area contributed by atoms with E-state index in [9.17, 15) is 0 Å². The van der Waals surface area contributed by atoms with Crippen molar-refractivity contribution >= 4 is 11.3 Å². The van der Waals surface area contributed by atoms with Crippen LogP contribution in [0.1, 0.15) is 16.8 Å². The van der Waals surface area contributed by atoms with Crippen LogP contribution in [-0.2, 0) is 6.61 Å². The minimum absolute atomic E-state index is 0.386. The van der Waals surface area contributed by atoms with Crippen LogP contribution in [-0.4, -0.2) is 4.98 Å². The fourth-order valence-electron chi connectivity index (χ4n) is 1.29. The lowest BCUT2D eigenvalue weighted by atomic mass is 10.1. The molecule has 2 aromatic rings. The molecule has 0 atom stereocenters. The number of hydrogen-bond donors (Lipinski definition) is 0. The van der Waals surface area contributed by atoms with Crippen molar-refractivity contribution in [3.8, 4) is 11.3 Å². The van der Waals surface area contributed by atoms with E-state index in [1.807, 2.05) is 30.5 Å². The summed E-state index contributed by atoms with van der Waals surface area (Å²) >= 11 is 1.47. The van der Waals surface area contributed by atoms with Gasteiger partial charge in [0.1, 0.15) is 6.61 Å². The molecule has 0 bridgehead atoms. The molecule has 16 heavy (non-hydrogen) atoms. The molecule has 0 aliphatic rings. The number of rotatable bonds is 3. The Kier molecular flexibility index (Phi) is 3.18. The van der Waals surface area contributed by atoms with Crippen LogP contribution in [0.25, 0.3) is 0 Å². The van der Waals surface area contributed by atoms with Gasteiger partial charge in [0.05, 0.1) is 17.3 Å². The Morgan fingerprint density at radius 3 is 2.94 bits per heavy atom. The van der Waals surface area contributed by atoms with Gasteiger partial charge in [-0.25, -0.2) is 4.98 Å². The van der Waals surface area contributed by atoms with Gasteiger partial charge < -0.3 is 4.74 Å². The first-order valence-electron chi connectivity index (χ1n) is 4.82. The van der Waals surface area contributed by atoms with E-state index in [2.05, 4.69) is 11.1 Å². The Balaban J connectivity index is 2.08. The first-order valence-corrected chi connectivity index (χ1v) is 5.70. The summed E-state index contributed by atoms with van der Waals surface area (Å²) in [5, 5.41) is 11.5. The molecule has 1 heterocycles. The number of aryl methyl sites for hydroxylation is 1. The molecule has 0 radical (unpaired) electrons. The maximum atomic E-state index is 8.90. The summed E-state index contributed by atoms with van der Waals surface area (Å²) in [5.74, 6) is 0. The molecule has 0 aliphatic heterocycles. The lowest BCUT2D eigenvalue weighted by Crippen LogP contribution is -1.97. The minimum atomic E-state index is 0.386. The molecule has 2 rings (SSSR count). The lowest BCUT2D eigenvalue weighted by molar-refractivity contribution is 0.304. The molecular formula is C12H10N2OS. The van der Waals surface area contributed by atoms with Crippen molar-refractivity contribution in [2.75, 3.05) is 0 Å². The molecule has 0 unspecified atom stereocenters. The second-order valence-electron chi connectivity index (χ2n) is 3.31. The summed E-state index contributed by atoms with van der Waals surface area (Å²) in [5.41, 5.74) is 2.49. The topological polar surface area (TPSA) is 45.9 Å². The fraction of sp³-hybridized carbons (Fsp3) is 0.167. The highest BCUT2D eigenvalue weighted by molar-refractivity contribution is 7.11. The Morgan fingerprint density at radius 1 is 1.44 bits per heavy atom. The first-order chi connectivity index (χ1) is 7.79. The minimum Gasteiger partial charge on any atom is -0.465 e. The van der Waals surface area contributed by atoms with Crippen LogP contribution in [0.4, 0.5) is 0 Å². The highest BCUT2D eigenvalue weighted by atomic mass is 32.1. The third kappa shape index (κ3) is 2.38. The van der Waals surface area contributed by atoms with Crippen molar-refractivity contribution in [1.29, 1.82) is 5.26 Å². The maximum absolute atomic E-state index is 8.90. The van der Waals surface area contributed by atoms with E-state index in [1.54, 1.807) is 6.07 Å². The average Bonchev–Trinajstić information content (AvgIpc) is 2.73. The zero-order chi connectivity index (χ0) is 11.4. The number of aromatic nitrogens is 1. The largest absolute Gasteiger partial charge is 0.465 e. The lowest BCUT2D eigenvalue weighted by Gasteiger charge is -2.03. The second-order valence-corrected chi connectivity index (χ2v) is 4.13. The van der Waals surface area contributed by atoms with Crippen molar-refractivity contribution in [3.63, 3.8) is 0 Å². The van der Waals surface area contributed by atoms with E-state index < -0.39 is 0 Å². The van der Waals surface area contributed by atoms with Crippen LogP contribution < -0.4 is 4.74 Å². The molecule has 0 saturated heterocycles. The predicted molar refractivity (Wildman–Crippen MR) is 62.3 cm³/mol. The number of nitrogens with zero attached hydrogens (tertiary/aromatic N) is 2. The number of ether oxygens (including phenoxy) is 1. The molecule has 1 aromatic heterocycles. The fourth-order valence-corrected chi connectivity index (χ4v) is 1.94. The Labute approximate surface area is 97.9 Å². The van der Waals surface area contributed by atoms with Crippen molar-refractivity contribution in [3.05, 3.63) is 46.5 Å². The van der Waals surface area contributed by atoms with Crippen LogP contribution >= 0.6 is 11.3 Å². The molecule has 0 amide bonds. The van der Waals surface area contributed by atoms with E-state index in [4.69, 9.17) is 10.00 Å². The van der Waals surface area contributed by atoms with Gasteiger partial charge in [-0.2, -0.15) is 5.26 Å². The summed E-state index contributed by atoms with van der Waals surface area (Å²) < 4.78 is 5.51. The normalized spacial score (nSPS) is 9.75. The third-order valence-corrected chi connectivity index (χ3v) is 2.96. The molecular weight excluding hydrogens is 220 g/mol. The zero-order valence-electron chi connectivity index (χ0n) is 8.80. The Morgan fingerprint density at radius 2 is 2.25 bits per heavy atom. The summed E-state index contributed by atoms with van der Waals surface area (Å²) in [4.78, 5) is 4.19. The van der Waals surface area contributed by atoms with E-state index in [-0.39, 0.29) is 0 Å². The van der Waals surface area contributed by atoms with Crippen LogP contribution in [0, 0.1) is 18.3 Å². The highest BCUT2D eigenvalue weighted by Crippen LogP contribution is 2.19. The van der Waals surface area contributed by atoms with Crippen molar-refractivity contribution in [2.45, 2.75) is 13.5 Å². The Bertz CT molecular complexity index is 528. The molecule has 0 fully saturated rings. The second kappa shape index (κ2) is 4.77. The summed E-state index contributed by atoms with van der Waals surface area (Å²) in [6.07, 6.45) is 0. The van der Waals surface area contributed by atoms with Gasteiger partial charge in [-0.3, -0.25) is 0 Å². The molecule has 0 spiro atoms. The predicted octanol–water partition coefficient (Wildman–Crippen LogP) is 2.90. The van der Waals surface area contributed by atoms with Crippen LogP contribution in [0.3, 0.4) is 0 Å². The number of benzene rings is 1. The van der Waals surface area contributed by atoms with Crippen molar-refractivity contribution in [2.24, 2.45) is 0 Å². The Hall–Kier alpha value is -1.86. The van der Waals surface area contributed by atoms with E-state index >= 15 is 0 Å². The number of thiazole rings is 1. The summed E-state index contributed by atoms with van der Waals surface area (Å²) in [6.45, 7) is 2.31. The highest BCUT2D eigenvalue weighted by Gasteiger charge is 2.03. The standard InChI is InChI=1S/C12H10N2OS/c1-9-8-16-12(14-9)15-7-11-5-3-2-4-10(11)6-13/h2-5,8H,7H2,1H3. The summed E-state index contributed by atoms with van der Waals surface area (Å²) in [7, 11) is 0. The van der Waals surface area contributed by atoms with Crippen molar-refractivity contribution < 1.29 is 4.74 Å². The SMILES string of the molecule is Cc1csc(OCc2ccccc2C#N)n1. The monoisotopic (exact) mass is 230 g/mol. The summed E-state index contributed by atoms with van der Waals surface area (Å²) in [6, 6.07) is 9.55. The molecule has 1 aromatic carbocycles. The zero-order valence-corrected chi connectivity index (χ0v) is 9.62. The number of nitriles is 1. The van der Waals surface area contributed by atoms with Gasteiger partial charge in [-0.1, -0.05) is 29.5 Å². The molecule has 4 heteroatoms. The molecule has 3 nitrogen and oxygen atoms in total. The van der Waals surface area contributed by atoms with Crippen LogP contribution in [0.2, 0.25) is 0 Å². The smallest absolute Gasteiger partial charge is 0.273 e. The molecule has 80 valence electrons. The van der Waals surface area contributed by atoms with Gasteiger partial charge in [0.25, 0.3) is 5.19 Å².